The topological polar surface area (TPSA) is 17.1 Å². The fraction of sp³-hybridized carbons (Fsp3) is 0.625. The minimum absolute atomic E-state index is 0.626. The number of hydrogen-bond donors (Lipinski definition) is 0. The highest BCUT2D eigenvalue weighted by Gasteiger charge is 2.52. The first-order valence-corrected chi connectivity index (χ1v) is 3.87. The summed E-state index contributed by atoms with van der Waals surface area (Å²) in [5.41, 5.74) is -2.07. The SMILES string of the molecule is C=C(C(C(=O)CC)C(F)(F)F)C(F)(F)F. The van der Waals surface area contributed by atoms with Gasteiger partial charge in [-0.15, -0.1) is 0 Å². The standard InChI is InChI=1S/C8H8F6O/c1-3-5(15)6(8(12,13)14)4(2)7(9,10)11/h6H,2-3H2,1H3. The Morgan fingerprint density at radius 3 is 1.80 bits per heavy atom. The van der Waals surface area contributed by atoms with Crippen molar-refractivity contribution >= 4 is 5.78 Å². The van der Waals surface area contributed by atoms with Crippen LogP contribution in [-0.2, 0) is 4.79 Å². The first kappa shape index (κ1) is 14.0. The summed E-state index contributed by atoms with van der Waals surface area (Å²) in [4.78, 5) is 10.8. The van der Waals surface area contributed by atoms with Gasteiger partial charge in [-0.3, -0.25) is 4.79 Å². The lowest BCUT2D eigenvalue weighted by Gasteiger charge is -2.22. The number of rotatable bonds is 3. The molecule has 0 rings (SSSR count). The van der Waals surface area contributed by atoms with Crippen molar-refractivity contribution in [1.29, 1.82) is 0 Å². The lowest BCUT2D eigenvalue weighted by atomic mass is 9.93. The highest BCUT2D eigenvalue weighted by Crippen LogP contribution is 2.40. The molecule has 0 aliphatic heterocycles. The first-order chi connectivity index (χ1) is 6.51. The number of Topliss-reactive ketones (excluding diaryl/α,β-unsaturated/α-hetero) is 1. The Hall–Kier alpha value is -1.01. The molecule has 0 aliphatic rings. The van der Waals surface area contributed by atoms with Gasteiger partial charge in [0.1, 0.15) is 11.7 Å². The normalized spacial score (nSPS) is 14.9. The van der Waals surface area contributed by atoms with E-state index >= 15 is 0 Å². The van der Waals surface area contributed by atoms with Crippen LogP contribution in [0.15, 0.2) is 12.2 Å². The van der Waals surface area contributed by atoms with Crippen LogP contribution in [0.25, 0.3) is 0 Å². The second-order valence-electron chi connectivity index (χ2n) is 2.82. The van der Waals surface area contributed by atoms with E-state index in [-0.39, 0.29) is 0 Å². The third-order valence-corrected chi connectivity index (χ3v) is 1.71. The molecule has 0 heterocycles. The molecule has 0 aliphatic carbocycles. The maximum atomic E-state index is 12.2. The van der Waals surface area contributed by atoms with E-state index in [4.69, 9.17) is 0 Å². The predicted octanol–water partition coefficient (Wildman–Crippen LogP) is 3.26. The molecule has 0 amide bonds. The Balaban J connectivity index is 5.15. The quantitative estimate of drug-likeness (QED) is 0.541. The van der Waals surface area contributed by atoms with Crippen molar-refractivity contribution in [3.8, 4) is 0 Å². The van der Waals surface area contributed by atoms with Crippen molar-refractivity contribution in [2.75, 3.05) is 0 Å². The summed E-state index contributed by atoms with van der Waals surface area (Å²) in [6.45, 7) is 3.36. The fourth-order valence-electron chi connectivity index (χ4n) is 0.942. The Kier molecular flexibility index (Phi) is 3.95. The van der Waals surface area contributed by atoms with E-state index < -0.39 is 36.0 Å². The minimum atomic E-state index is -5.25. The van der Waals surface area contributed by atoms with Gasteiger partial charge in [0.25, 0.3) is 0 Å². The summed E-state index contributed by atoms with van der Waals surface area (Å²) in [5, 5.41) is 0. The van der Waals surface area contributed by atoms with E-state index in [0.29, 0.717) is 0 Å². The van der Waals surface area contributed by atoms with Gasteiger partial charge in [-0.25, -0.2) is 0 Å². The highest BCUT2D eigenvalue weighted by atomic mass is 19.4. The van der Waals surface area contributed by atoms with Crippen molar-refractivity contribution in [1.82, 2.24) is 0 Å². The third kappa shape index (κ3) is 3.56. The van der Waals surface area contributed by atoms with Crippen LogP contribution < -0.4 is 0 Å². The maximum Gasteiger partial charge on any atom is 0.413 e. The van der Waals surface area contributed by atoms with Gasteiger partial charge in [-0.05, 0) is 0 Å². The van der Waals surface area contributed by atoms with Crippen LogP contribution in [-0.4, -0.2) is 18.1 Å². The molecule has 0 saturated heterocycles. The summed E-state index contributed by atoms with van der Waals surface area (Å²) >= 11 is 0. The molecule has 0 N–H and O–H groups in total. The van der Waals surface area contributed by atoms with Gasteiger partial charge in [0, 0.05) is 12.0 Å². The summed E-state index contributed by atoms with van der Waals surface area (Å²) in [7, 11) is 0. The number of allylic oxidation sites excluding steroid dienone is 1. The van der Waals surface area contributed by atoms with Gasteiger partial charge in [0.2, 0.25) is 0 Å². The van der Waals surface area contributed by atoms with Crippen molar-refractivity contribution in [3.63, 3.8) is 0 Å². The molecule has 0 aromatic heterocycles. The molecule has 0 bridgehead atoms. The van der Waals surface area contributed by atoms with E-state index in [0.717, 1.165) is 6.92 Å². The van der Waals surface area contributed by atoms with E-state index in [1.165, 1.54) is 0 Å². The zero-order valence-electron chi connectivity index (χ0n) is 7.67. The number of ketones is 1. The Labute approximate surface area is 81.8 Å². The lowest BCUT2D eigenvalue weighted by Crippen LogP contribution is -2.36. The van der Waals surface area contributed by atoms with Crippen LogP contribution in [0, 0.1) is 5.92 Å². The molecule has 15 heavy (non-hydrogen) atoms. The molecule has 0 aromatic carbocycles. The zero-order chi connectivity index (χ0) is 12.4. The number of carbonyl (C=O) groups excluding carboxylic acids is 1. The van der Waals surface area contributed by atoms with Gasteiger partial charge in [-0.1, -0.05) is 13.5 Å². The molecule has 0 spiro atoms. The second kappa shape index (κ2) is 4.24. The summed E-state index contributed by atoms with van der Waals surface area (Å²) in [6, 6.07) is 0. The molecule has 1 unspecified atom stereocenters. The number of alkyl halides is 6. The molecule has 0 radical (unpaired) electrons. The van der Waals surface area contributed by atoms with Gasteiger partial charge in [0.15, 0.2) is 0 Å². The molecule has 1 atom stereocenters. The molecule has 7 heteroatoms. The molecular formula is C8H8F6O. The van der Waals surface area contributed by atoms with Crippen LogP contribution in [0.5, 0.6) is 0 Å². The zero-order valence-corrected chi connectivity index (χ0v) is 7.67. The van der Waals surface area contributed by atoms with Crippen LogP contribution in [0.4, 0.5) is 26.3 Å². The summed E-state index contributed by atoms with van der Waals surface area (Å²) in [5.74, 6) is -4.69. The van der Waals surface area contributed by atoms with E-state index in [1.807, 2.05) is 0 Å². The molecule has 0 saturated carbocycles. The molecule has 0 fully saturated rings. The van der Waals surface area contributed by atoms with Gasteiger partial charge < -0.3 is 0 Å². The van der Waals surface area contributed by atoms with Crippen LogP contribution in [0.2, 0.25) is 0 Å². The predicted molar refractivity (Wildman–Crippen MR) is 40.0 cm³/mol. The van der Waals surface area contributed by atoms with E-state index in [9.17, 15) is 31.1 Å². The fourth-order valence-corrected chi connectivity index (χ4v) is 0.942. The maximum absolute atomic E-state index is 12.2. The molecule has 0 aromatic rings. The molecular weight excluding hydrogens is 226 g/mol. The Morgan fingerprint density at radius 1 is 1.20 bits per heavy atom. The largest absolute Gasteiger partial charge is 0.413 e. The number of halogens is 6. The van der Waals surface area contributed by atoms with Gasteiger partial charge >= 0.3 is 12.4 Å². The summed E-state index contributed by atoms with van der Waals surface area (Å²) < 4.78 is 72.4. The molecule has 88 valence electrons. The average molecular weight is 234 g/mol. The lowest BCUT2D eigenvalue weighted by molar-refractivity contribution is -0.189. The van der Waals surface area contributed by atoms with Crippen molar-refractivity contribution < 1.29 is 31.1 Å². The minimum Gasteiger partial charge on any atom is -0.299 e. The van der Waals surface area contributed by atoms with Crippen molar-refractivity contribution in [3.05, 3.63) is 12.2 Å². The smallest absolute Gasteiger partial charge is 0.299 e. The monoisotopic (exact) mass is 234 g/mol. The van der Waals surface area contributed by atoms with Crippen molar-refractivity contribution in [2.45, 2.75) is 25.7 Å². The highest BCUT2D eigenvalue weighted by molar-refractivity contribution is 5.84. The van der Waals surface area contributed by atoms with Crippen LogP contribution in [0.1, 0.15) is 13.3 Å². The summed E-state index contributed by atoms with van der Waals surface area (Å²) in [6.07, 6.45) is -11.1. The van der Waals surface area contributed by atoms with Crippen LogP contribution >= 0.6 is 0 Å². The van der Waals surface area contributed by atoms with Crippen LogP contribution in [0.3, 0.4) is 0 Å². The van der Waals surface area contributed by atoms with E-state index in [1.54, 1.807) is 0 Å². The van der Waals surface area contributed by atoms with Crippen molar-refractivity contribution in [2.24, 2.45) is 5.92 Å². The molecule has 1 nitrogen and oxygen atoms in total. The Morgan fingerprint density at radius 2 is 1.60 bits per heavy atom. The number of carbonyl (C=O) groups is 1. The first-order valence-electron chi connectivity index (χ1n) is 3.87. The van der Waals surface area contributed by atoms with E-state index in [2.05, 4.69) is 6.58 Å². The average Bonchev–Trinajstić information content (AvgIpc) is 1.99. The Bertz CT molecular complexity index is 261. The third-order valence-electron chi connectivity index (χ3n) is 1.71. The number of hydrogen-bond acceptors (Lipinski definition) is 1. The van der Waals surface area contributed by atoms with Gasteiger partial charge in [-0.2, -0.15) is 26.3 Å². The van der Waals surface area contributed by atoms with Gasteiger partial charge in [0.05, 0.1) is 0 Å². The second-order valence-corrected chi connectivity index (χ2v) is 2.82.